The van der Waals surface area contributed by atoms with Crippen LogP contribution in [0.5, 0.6) is 0 Å². The largest absolute Gasteiger partial charge is 0.416 e. The van der Waals surface area contributed by atoms with Crippen LogP contribution < -0.4 is 14.3 Å². The molecule has 0 saturated carbocycles. The highest BCUT2D eigenvalue weighted by molar-refractivity contribution is 7.93. The average Bonchev–Trinajstić information content (AvgIpc) is 2.92. The van der Waals surface area contributed by atoms with Crippen molar-refractivity contribution >= 4 is 54.6 Å². The number of benzene rings is 4. The maximum Gasteiger partial charge on any atom is 0.416 e. The maximum atomic E-state index is 13.5. The monoisotopic (exact) mass is 637 g/mol. The van der Waals surface area contributed by atoms with E-state index in [1.807, 2.05) is 0 Å². The number of carbonyl (C=O) groups is 1. The number of nitrogens with one attached hydrogen (secondary N) is 2. The van der Waals surface area contributed by atoms with Gasteiger partial charge in [0.1, 0.15) is 6.54 Å². The van der Waals surface area contributed by atoms with Gasteiger partial charge in [0.05, 0.1) is 21.0 Å². The number of amides is 1. The summed E-state index contributed by atoms with van der Waals surface area (Å²) in [6.07, 6.45) is -4.65. The third-order valence-corrected chi connectivity index (χ3v) is 9.34. The molecule has 0 aliphatic carbocycles. The molecule has 0 aliphatic rings. The molecule has 2 N–H and O–H groups in total. The van der Waals surface area contributed by atoms with E-state index in [0.29, 0.717) is 16.7 Å². The number of aryl methyl sites for hydroxylation is 1. The van der Waals surface area contributed by atoms with Crippen molar-refractivity contribution in [1.82, 2.24) is 0 Å². The molecular formula is C28H23ClF3N3O5S2. The third kappa shape index (κ3) is 7.22. The van der Waals surface area contributed by atoms with E-state index in [1.54, 1.807) is 31.2 Å². The molecule has 220 valence electrons. The zero-order chi connectivity index (χ0) is 30.7. The number of carbonyl (C=O) groups excluding carboxylic acids is 1. The molecule has 14 heteroatoms. The summed E-state index contributed by atoms with van der Waals surface area (Å²) >= 11 is 6.04. The van der Waals surface area contributed by atoms with Crippen LogP contribution in [0.4, 0.5) is 30.2 Å². The summed E-state index contributed by atoms with van der Waals surface area (Å²) in [5.41, 5.74) is -0.390. The summed E-state index contributed by atoms with van der Waals surface area (Å²) in [6.45, 7) is 1.04. The second kappa shape index (κ2) is 12.0. The van der Waals surface area contributed by atoms with Crippen LogP contribution in [0.25, 0.3) is 0 Å². The number of hydrogen-bond acceptors (Lipinski definition) is 5. The molecule has 0 heterocycles. The van der Waals surface area contributed by atoms with Crippen molar-refractivity contribution in [1.29, 1.82) is 0 Å². The highest BCUT2D eigenvalue weighted by atomic mass is 35.5. The normalized spacial score (nSPS) is 12.0. The van der Waals surface area contributed by atoms with Gasteiger partial charge in [0.2, 0.25) is 5.91 Å². The van der Waals surface area contributed by atoms with Gasteiger partial charge in [0.15, 0.2) is 0 Å². The van der Waals surface area contributed by atoms with Gasteiger partial charge in [-0.15, -0.1) is 0 Å². The van der Waals surface area contributed by atoms with Crippen molar-refractivity contribution in [3.8, 4) is 0 Å². The first-order chi connectivity index (χ1) is 19.7. The van der Waals surface area contributed by atoms with Crippen LogP contribution >= 0.6 is 11.6 Å². The standard InChI is InChI=1S/C28H23ClF3N3O5S2/c1-19-16-21(29)10-15-26(19)35(42(39,40)25-8-3-2-4-9-25)18-27(36)33-22-11-13-24(14-12-22)41(37,38)34-23-7-5-6-20(17-23)28(30,31)32/h2-17,34H,18H2,1H3,(H,33,36). The van der Waals surface area contributed by atoms with Gasteiger partial charge < -0.3 is 5.32 Å². The average molecular weight is 638 g/mol. The van der Waals surface area contributed by atoms with E-state index in [2.05, 4.69) is 10.0 Å². The van der Waals surface area contributed by atoms with Gasteiger partial charge >= 0.3 is 6.18 Å². The number of anilines is 3. The molecule has 4 aromatic carbocycles. The molecule has 1 amide bonds. The maximum absolute atomic E-state index is 13.5. The molecule has 0 bridgehead atoms. The number of sulfonamides is 2. The Kier molecular flexibility index (Phi) is 8.85. The van der Waals surface area contributed by atoms with Gasteiger partial charge in [0.25, 0.3) is 20.0 Å². The van der Waals surface area contributed by atoms with Gasteiger partial charge in [-0.2, -0.15) is 13.2 Å². The number of halogens is 4. The van der Waals surface area contributed by atoms with E-state index < -0.39 is 44.2 Å². The van der Waals surface area contributed by atoms with Gasteiger partial charge in [-0.25, -0.2) is 16.8 Å². The topological polar surface area (TPSA) is 113 Å². The summed E-state index contributed by atoms with van der Waals surface area (Å²) < 4.78 is 94.5. The van der Waals surface area contributed by atoms with Crippen molar-refractivity contribution < 1.29 is 34.8 Å². The van der Waals surface area contributed by atoms with Gasteiger partial charge in [-0.3, -0.25) is 13.8 Å². The minimum absolute atomic E-state index is 0.0324. The molecule has 42 heavy (non-hydrogen) atoms. The second-order valence-corrected chi connectivity index (χ2v) is 13.0. The zero-order valence-corrected chi connectivity index (χ0v) is 24.2. The number of rotatable bonds is 9. The van der Waals surface area contributed by atoms with Crippen LogP contribution in [-0.4, -0.2) is 29.3 Å². The van der Waals surface area contributed by atoms with Crippen LogP contribution in [0.1, 0.15) is 11.1 Å². The predicted molar refractivity (Wildman–Crippen MR) is 154 cm³/mol. The van der Waals surface area contributed by atoms with Crippen LogP contribution in [0, 0.1) is 6.92 Å². The molecule has 0 atom stereocenters. The summed E-state index contributed by atoms with van der Waals surface area (Å²) in [6, 6.07) is 20.7. The third-order valence-electron chi connectivity index (χ3n) is 5.94. The Morgan fingerprint density at radius 2 is 1.48 bits per heavy atom. The van der Waals surface area contributed by atoms with Gasteiger partial charge in [0, 0.05) is 16.4 Å². The Balaban J connectivity index is 1.53. The van der Waals surface area contributed by atoms with Crippen LogP contribution in [0.15, 0.2) is 107 Å². The van der Waals surface area contributed by atoms with E-state index in [9.17, 15) is 34.8 Å². The Morgan fingerprint density at radius 1 is 0.810 bits per heavy atom. The molecule has 0 aliphatic heterocycles. The Bertz CT molecular complexity index is 1820. The fourth-order valence-corrected chi connectivity index (χ4v) is 6.72. The lowest BCUT2D eigenvalue weighted by atomic mass is 10.2. The quantitative estimate of drug-likeness (QED) is 0.224. The summed E-state index contributed by atoms with van der Waals surface area (Å²) in [5.74, 6) is -0.721. The minimum atomic E-state index is -4.65. The second-order valence-electron chi connectivity index (χ2n) is 9.01. The Labute approximate surface area is 245 Å². The summed E-state index contributed by atoms with van der Waals surface area (Å²) in [5, 5.41) is 2.92. The van der Waals surface area contributed by atoms with Gasteiger partial charge in [-0.1, -0.05) is 35.9 Å². The van der Waals surface area contributed by atoms with Crippen molar-refractivity contribution in [2.24, 2.45) is 0 Å². The zero-order valence-electron chi connectivity index (χ0n) is 21.8. The lowest BCUT2D eigenvalue weighted by Gasteiger charge is -2.25. The SMILES string of the molecule is Cc1cc(Cl)ccc1N(CC(=O)Nc1ccc(S(=O)(=O)Nc2cccc(C(F)(F)F)c2)cc1)S(=O)(=O)c1ccccc1. The molecule has 0 radical (unpaired) electrons. The van der Waals surface area contributed by atoms with Crippen LogP contribution in [-0.2, 0) is 31.0 Å². The first-order valence-corrected chi connectivity index (χ1v) is 15.4. The van der Waals surface area contributed by atoms with E-state index in [0.717, 1.165) is 28.6 Å². The predicted octanol–water partition coefficient (Wildman–Crippen LogP) is 6.30. The molecular weight excluding hydrogens is 615 g/mol. The minimum Gasteiger partial charge on any atom is -0.325 e. The first kappa shape index (κ1) is 30.9. The Morgan fingerprint density at radius 3 is 2.10 bits per heavy atom. The smallest absolute Gasteiger partial charge is 0.325 e. The first-order valence-electron chi connectivity index (χ1n) is 12.1. The molecule has 0 unspecified atom stereocenters. The van der Waals surface area contributed by atoms with E-state index in [1.165, 1.54) is 42.5 Å². The number of alkyl halides is 3. The van der Waals surface area contributed by atoms with E-state index in [-0.39, 0.29) is 26.9 Å². The van der Waals surface area contributed by atoms with Crippen molar-refractivity contribution in [3.05, 3.63) is 113 Å². The summed E-state index contributed by atoms with van der Waals surface area (Å²) in [4.78, 5) is 12.7. The molecule has 4 aromatic rings. The van der Waals surface area contributed by atoms with Crippen LogP contribution in [0.2, 0.25) is 5.02 Å². The van der Waals surface area contributed by atoms with Crippen molar-refractivity contribution in [2.75, 3.05) is 20.9 Å². The van der Waals surface area contributed by atoms with E-state index in [4.69, 9.17) is 11.6 Å². The molecule has 0 saturated heterocycles. The Hall–Kier alpha value is -4.07. The van der Waals surface area contributed by atoms with Crippen LogP contribution in [0.3, 0.4) is 0 Å². The number of hydrogen-bond donors (Lipinski definition) is 2. The molecule has 8 nitrogen and oxygen atoms in total. The van der Waals surface area contributed by atoms with Crippen molar-refractivity contribution in [2.45, 2.75) is 22.9 Å². The molecule has 4 rings (SSSR count). The van der Waals surface area contributed by atoms with Crippen molar-refractivity contribution in [3.63, 3.8) is 0 Å². The van der Waals surface area contributed by atoms with E-state index >= 15 is 0 Å². The molecule has 0 aromatic heterocycles. The lowest BCUT2D eigenvalue weighted by molar-refractivity contribution is -0.137. The fourth-order valence-electron chi connectivity index (χ4n) is 3.94. The molecule has 0 spiro atoms. The van der Waals surface area contributed by atoms with Gasteiger partial charge in [-0.05, 0) is 85.3 Å². The highest BCUT2D eigenvalue weighted by Gasteiger charge is 2.31. The fraction of sp³-hybridized carbons (Fsp3) is 0.107. The highest BCUT2D eigenvalue weighted by Crippen LogP contribution is 2.32. The molecule has 0 fully saturated rings. The summed E-state index contributed by atoms with van der Waals surface area (Å²) in [7, 11) is -8.44. The number of nitrogens with zero attached hydrogens (tertiary/aromatic N) is 1. The lowest BCUT2D eigenvalue weighted by Crippen LogP contribution is -2.38.